The van der Waals surface area contributed by atoms with Gasteiger partial charge < -0.3 is 4.90 Å². The second-order valence-electron chi connectivity index (χ2n) is 11.9. The van der Waals surface area contributed by atoms with E-state index in [-0.39, 0.29) is 0 Å². The van der Waals surface area contributed by atoms with Crippen molar-refractivity contribution in [2.45, 2.75) is 92.4 Å². The SMILES string of the molecule is C=C/C=C\C(=C/C)C1CC(CCCC)CC2(CCN(C(=C)c3ccc(CC(C)C)c(C)c3)CC2)C1. The van der Waals surface area contributed by atoms with Crippen molar-refractivity contribution in [1.29, 1.82) is 0 Å². The van der Waals surface area contributed by atoms with Gasteiger partial charge in [-0.25, -0.2) is 0 Å². The highest BCUT2D eigenvalue weighted by atomic mass is 15.1. The fraction of sp³-hybridized carbons (Fsp3) is 0.588. The molecule has 192 valence electrons. The predicted molar refractivity (Wildman–Crippen MR) is 155 cm³/mol. The van der Waals surface area contributed by atoms with Crippen LogP contribution in [0.25, 0.3) is 5.70 Å². The number of likely N-dealkylation sites (tertiary alicyclic amines) is 1. The molecule has 0 N–H and O–H groups in total. The largest absolute Gasteiger partial charge is 0.371 e. The Balaban J connectivity index is 1.71. The van der Waals surface area contributed by atoms with Gasteiger partial charge in [-0.1, -0.05) is 89.6 Å². The molecular formula is C34H51N. The quantitative estimate of drug-likeness (QED) is 0.306. The molecule has 1 heteroatoms. The summed E-state index contributed by atoms with van der Waals surface area (Å²) in [7, 11) is 0. The molecule has 1 aliphatic carbocycles. The summed E-state index contributed by atoms with van der Waals surface area (Å²) in [6, 6.07) is 7.01. The van der Waals surface area contributed by atoms with Gasteiger partial charge in [-0.05, 0) is 104 Å². The lowest BCUT2D eigenvalue weighted by Gasteiger charge is -2.50. The molecule has 2 atom stereocenters. The molecule has 1 aromatic carbocycles. The summed E-state index contributed by atoms with van der Waals surface area (Å²) >= 11 is 0. The molecule has 35 heavy (non-hydrogen) atoms. The first-order valence-corrected chi connectivity index (χ1v) is 14.3. The number of rotatable bonds is 10. The van der Waals surface area contributed by atoms with E-state index in [1.807, 2.05) is 6.08 Å². The molecule has 1 aromatic rings. The number of benzene rings is 1. The number of unbranched alkanes of at least 4 members (excludes halogenated alkanes) is 1. The summed E-state index contributed by atoms with van der Waals surface area (Å²) in [5.74, 6) is 2.25. The Kier molecular flexibility index (Phi) is 10.1. The molecule has 2 fully saturated rings. The van der Waals surface area contributed by atoms with Gasteiger partial charge in [0.1, 0.15) is 0 Å². The topological polar surface area (TPSA) is 3.24 Å². The van der Waals surface area contributed by atoms with Crippen LogP contribution in [0.2, 0.25) is 0 Å². The Morgan fingerprint density at radius 3 is 2.54 bits per heavy atom. The van der Waals surface area contributed by atoms with Crippen LogP contribution in [0.4, 0.5) is 0 Å². The third-order valence-electron chi connectivity index (χ3n) is 8.72. The van der Waals surface area contributed by atoms with Crippen molar-refractivity contribution in [3.8, 4) is 0 Å². The van der Waals surface area contributed by atoms with E-state index in [1.54, 1.807) is 0 Å². The first kappa shape index (κ1) is 27.6. The second kappa shape index (κ2) is 12.8. The van der Waals surface area contributed by atoms with Crippen molar-refractivity contribution in [3.63, 3.8) is 0 Å². The molecule has 1 aliphatic heterocycles. The molecule has 0 aromatic heterocycles. The Labute approximate surface area is 217 Å². The van der Waals surface area contributed by atoms with Crippen LogP contribution in [-0.4, -0.2) is 18.0 Å². The van der Waals surface area contributed by atoms with Gasteiger partial charge >= 0.3 is 0 Å². The van der Waals surface area contributed by atoms with E-state index in [0.29, 0.717) is 17.3 Å². The van der Waals surface area contributed by atoms with Crippen LogP contribution in [0.1, 0.15) is 95.8 Å². The van der Waals surface area contributed by atoms with Crippen molar-refractivity contribution in [1.82, 2.24) is 4.90 Å². The van der Waals surface area contributed by atoms with E-state index >= 15 is 0 Å². The third-order valence-corrected chi connectivity index (χ3v) is 8.72. The smallest absolute Gasteiger partial charge is 0.0366 e. The molecule has 0 amide bonds. The third kappa shape index (κ3) is 7.25. The number of allylic oxidation sites excluding steroid dienone is 5. The van der Waals surface area contributed by atoms with Gasteiger partial charge in [-0.2, -0.15) is 0 Å². The maximum Gasteiger partial charge on any atom is 0.0366 e. The standard InChI is InChI=1S/C34H51N/c1-8-11-13-29-23-33(30(10-3)14-12-9-2)25-34(24-29)17-19-35(20-18-34)28(7)32-16-15-31(21-26(4)5)27(6)22-32/h9-10,12,14-16,22,26,29,33H,2,7-8,11,13,17-21,23-25H2,1,3-6H3/b14-12-,30-10+. The van der Waals surface area contributed by atoms with E-state index in [1.165, 1.54) is 79.3 Å². The zero-order valence-electron chi connectivity index (χ0n) is 23.4. The fourth-order valence-corrected chi connectivity index (χ4v) is 6.79. The Bertz CT molecular complexity index is 907. The zero-order chi connectivity index (χ0) is 25.4. The van der Waals surface area contributed by atoms with Gasteiger partial charge in [0.25, 0.3) is 0 Å². The number of nitrogens with zero attached hydrogens (tertiary/aromatic N) is 1. The van der Waals surface area contributed by atoms with Crippen molar-refractivity contribution in [3.05, 3.63) is 77.9 Å². The summed E-state index contributed by atoms with van der Waals surface area (Å²) < 4.78 is 0. The lowest BCUT2D eigenvalue weighted by molar-refractivity contribution is 0.0416. The lowest BCUT2D eigenvalue weighted by atomic mass is 9.59. The molecule has 3 rings (SSSR count). The molecule has 2 unspecified atom stereocenters. The van der Waals surface area contributed by atoms with Crippen molar-refractivity contribution in [2.75, 3.05) is 13.1 Å². The molecule has 1 saturated carbocycles. The van der Waals surface area contributed by atoms with Gasteiger partial charge in [0, 0.05) is 18.8 Å². The highest BCUT2D eigenvalue weighted by molar-refractivity contribution is 5.63. The minimum absolute atomic E-state index is 0.491. The molecule has 0 radical (unpaired) electrons. The Morgan fingerprint density at radius 1 is 1.20 bits per heavy atom. The first-order chi connectivity index (χ1) is 16.8. The minimum atomic E-state index is 0.491. The number of piperidine rings is 1. The molecule has 1 heterocycles. The van der Waals surface area contributed by atoms with Gasteiger partial charge in [-0.3, -0.25) is 0 Å². The highest BCUT2D eigenvalue weighted by Crippen LogP contribution is 2.52. The molecule has 0 bridgehead atoms. The molecule has 1 saturated heterocycles. The second-order valence-corrected chi connectivity index (χ2v) is 11.9. The fourth-order valence-electron chi connectivity index (χ4n) is 6.79. The summed E-state index contributed by atoms with van der Waals surface area (Å²) in [4.78, 5) is 2.57. The lowest BCUT2D eigenvalue weighted by Crippen LogP contribution is -2.43. The van der Waals surface area contributed by atoms with E-state index in [9.17, 15) is 0 Å². The van der Waals surface area contributed by atoms with Crippen molar-refractivity contribution >= 4 is 5.70 Å². The summed E-state index contributed by atoms with van der Waals surface area (Å²) in [5.41, 5.74) is 7.42. The number of hydrogen-bond acceptors (Lipinski definition) is 1. The molecule has 1 spiro atoms. The van der Waals surface area contributed by atoms with E-state index in [4.69, 9.17) is 0 Å². The monoisotopic (exact) mass is 473 g/mol. The number of aryl methyl sites for hydroxylation is 1. The zero-order valence-corrected chi connectivity index (χ0v) is 23.4. The van der Waals surface area contributed by atoms with Crippen LogP contribution in [0.3, 0.4) is 0 Å². The summed E-state index contributed by atoms with van der Waals surface area (Å²) in [5, 5.41) is 0. The predicted octanol–water partition coefficient (Wildman–Crippen LogP) is 9.54. The Hall–Kier alpha value is -2.02. The molecule has 1 nitrogen and oxygen atoms in total. The van der Waals surface area contributed by atoms with Crippen LogP contribution in [0, 0.1) is 30.1 Å². The van der Waals surface area contributed by atoms with Crippen LogP contribution in [0.5, 0.6) is 0 Å². The van der Waals surface area contributed by atoms with Gasteiger partial charge in [0.2, 0.25) is 0 Å². The number of hydrogen-bond donors (Lipinski definition) is 0. The van der Waals surface area contributed by atoms with Crippen LogP contribution in [-0.2, 0) is 6.42 Å². The van der Waals surface area contributed by atoms with Crippen LogP contribution in [0.15, 0.2) is 61.2 Å². The van der Waals surface area contributed by atoms with Crippen LogP contribution >= 0.6 is 0 Å². The molecule has 2 aliphatic rings. The van der Waals surface area contributed by atoms with E-state index < -0.39 is 0 Å². The van der Waals surface area contributed by atoms with Crippen molar-refractivity contribution < 1.29 is 0 Å². The maximum absolute atomic E-state index is 4.56. The average molecular weight is 474 g/mol. The summed E-state index contributed by atoms with van der Waals surface area (Å²) in [6.45, 7) is 22.2. The minimum Gasteiger partial charge on any atom is -0.371 e. The average Bonchev–Trinajstić information content (AvgIpc) is 2.84. The normalized spacial score (nSPS) is 22.8. The van der Waals surface area contributed by atoms with Gasteiger partial charge in [0.05, 0.1) is 0 Å². The maximum atomic E-state index is 4.56. The van der Waals surface area contributed by atoms with Crippen molar-refractivity contribution in [2.24, 2.45) is 23.2 Å². The Morgan fingerprint density at radius 2 is 1.94 bits per heavy atom. The van der Waals surface area contributed by atoms with E-state index in [0.717, 1.165) is 25.4 Å². The van der Waals surface area contributed by atoms with Gasteiger partial charge in [-0.15, -0.1) is 0 Å². The highest BCUT2D eigenvalue weighted by Gasteiger charge is 2.43. The van der Waals surface area contributed by atoms with Gasteiger partial charge in [0.15, 0.2) is 0 Å². The van der Waals surface area contributed by atoms with Crippen LogP contribution < -0.4 is 0 Å². The first-order valence-electron chi connectivity index (χ1n) is 14.3. The van der Waals surface area contributed by atoms with E-state index in [2.05, 4.69) is 89.1 Å². The molecular weight excluding hydrogens is 422 g/mol. The summed E-state index contributed by atoms with van der Waals surface area (Å²) in [6.07, 6.45) is 20.7.